The van der Waals surface area contributed by atoms with Gasteiger partial charge in [0.1, 0.15) is 17.6 Å². The second-order valence-corrected chi connectivity index (χ2v) is 7.62. The van der Waals surface area contributed by atoms with Crippen LogP contribution in [0.5, 0.6) is 0 Å². The average molecular weight is 428 g/mol. The SMILES string of the molecule is Cc1ccc([C@H]2[C@H](c3ccccn3)NC(=S)N2c2ccc(Br)c(C)c2)o1. The number of rotatable bonds is 3. The first-order valence-corrected chi connectivity index (χ1v) is 9.58. The lowest BCUT2D eigenvalue weighted by Crippen LogP contribution is -2.29. The van der Waals surface area contributed by atoms with Crippen LogP contribution in [0.4, 0.5) is 5.69 Å². The van der Waals surface area contributed by atoms with E-state index in [4.69, 9.17) is 16.6 Å². The number of furan rings is 1. The Hall–Kier alpha value is -2.18. The fourth-order valence-electron chi connectivity index (χ4n) is 3.31. The lowest BCUT2D eigenvalue weighted by molar-refractivity contribution is 0.418. The predicted molar refractivity (Wildman–Crippen MR) is 110 cm³/mol. The standard InChI is InChI=1S/C20H18BrN3OS/c1-12-11-14(7-8-15(12)21)24-19(17-9-6-13(2)25-17)18(23-20(24)26)16-5-3-4-10-22-16/h3-11,18-19H,1-2H3,(H,23,26)/t18-,19-/m0/s1. The first kappa shape index (κ1) is 17.2. The summed E-state index contributed by atoms with van der Waals surface area (Å²) in [5, 5.41) is 4.10. The molecule has 0 bridgehead atoms. The second-order valence-electron chi connectivity index (χ2n) is 6.38. The van der Waals surface area contributed by atoms with Crippen molar-refractivity contribution >= 4 is 38.9 Å². The molecule has 0 unspecified atom stereocenters. The van der Waals surface area contributed by atoms with Gasteiger partial charge in [0.2, 0.25) is 0 Å². The maximum absolute atomic E-state index is 5.99. The van der Waals surface area contributed by atoms with Crippen molar-refractivity contribution in [2.45, 2.75) is 25.9 Å². The summed E-state index contributed by atoms with van der Waals surface area (Å²) in [5.74, 6) is 1.75. The molecule has 26 heavy (non-hydrogen) atoms. The molecule has 1 aliphatic heterocycles. The lowest BCUT2D eigenvalue weighted by Gasteiger charge is -2.26. The van der Waals surface area contributed by atoms with Crippen molar-refractivity contribution in [3.05, 3.63) is 82.0 Å². The lowest BCUT2D eigenvalue weighted by atomic mass is 10.0. The zero-order valence-corrected chi connectivity index (χ0v) is 16.8. The molecule has 4 nitrogen and oxygen atoms in total. The third-order valence-corrected chi connectivity index (χ3v) is 5.77. The van der Waals surface area contributed by atoms with Crippen molar-refractivity contribution in [3.8, 4) is 0 Å². The molecule has 132 valence electrons. The third kappa shape index (κ3) is 3.04. The molecule has 3 aromatic rings. The third-order valence-electron chi connectivity index (χ3n) is 4.57. The molecule has 1 aromatic carbocycles. The summed E-state index contributed by atoms with van der Waals surface area (Å²) in [5.41, 5.74) is 3.12. The van der Waals surface area contributed by atoms with E-state index in [0.29, 0.717) is 5.11 Å². The molecule has 6 heteroatoms. The number of anilines is 1. The van der Waals surface area contributed by atoms with Gasteiger partial charge in [-0.25, -0.2) is 0 Å². The Labute approximate surface area is 166 Å². The highest BCUT2D eigenvalue weighted by Gasteiger charge is 2.42. The van der Waals surface area contributed by atoms with Crippen LogP contribution < -0.4 is 10.2 Å². The van der Waals surface area contributed by atoms with Crippen LogP contribution in [0.25, 0.3) is 0 Å². The minimum atomic E-state index is -0.105. The minimum absolute atomic E-state index is 0.0850. The van der Waals surface area contributed by atoms with Gasteiger partial charge in [0.05, 0.1) is 11.7 Å². The molecule has 1 fully saturated rings. The van der Waals surface area contributed by atoms with Gasteiger partial charge in [0.25, 0.3) is 0 Å². The predicted octanol–water partition coefficient (Wildman–Crippen LogP) is 5.23. The molecule has 1 saturated heterocycles. The van der Waals surface area contributed by atoms with E-state index < -0.39 is 0 Å². The summed E-state index contributed by atoms with van der Waals surface area (Å²) in [4.78, 5) is 6.66. The van der Waals surface area contributed by atoms with Gasteiger partial charge in [0.15, 0.2) is 5.11 Å². The van der Waals surface area contributed by atoms with Gasteiger partial charge in [0, 0.05) is 16.4 Å². The van der Waals surface area contributed by atoms with E-state index in [1.54, 1.807) is 6.20 Å². The van der Waals surface area contributed by atoms with E-state index >= 15 is 0 Å². The largest absolute Gasteiger partial charge is 0.464 e. The number of aromatic nitrogens is 1. The summed E-state index contributed by atoms with van der Waals surface area (Å²) in [6.45, 7) is 4.02. The molecule has 3 heterocycles. The highest BCUT2D eigenvalue weighted by atomic mass is 79.9. The number of aryl methyl sites for hydroxylation is 2. The number of nitrogens with zero attached hydrogens (tertiary/aromatic N) is 2. The van der Waals surface area contributed by atoms with E-state index in [0.717, 1.165) is 32.9 Å². The zero-order chi connectivity index (χ0) is 18.3. The Morgan fingerprint density at radius 3 is 2.65 bits per heavy atom. The number of nitrogens with one attached hydrogen (secondary N) is 1. The van der Waals surface area contributed by atoms with Crippen molar-refractivity contribution in [2.24, 2.45) is 0 Å². The number of hydrogen-bond donors (Lipinski definition) is 1. The van der Waals surface area contributed by atoms with E-state index in [1.807, 2.05) is 43.3 Å². The van der Waals surface area contributed by atoms with E-state index in [-0.39, 0.29) is 12.1 Å². The maximum atomic E-state index is 5.99. The van der Waals surface area contributed by atoms with Crippen molar-refractivity contribution in [2.75, 3.05) is 4.90 Å². The molecular formula is C20H18BrN3OS. The summed E-state index contributed by atoms with van der Waals surface area (Å²) in [6.07, 6.45) is 1.80. The maximum Gasteiger partial charge on any atom is 0.174 e. The number of halogens is 1. The molecule has 0 saturated carbocycles. The summed E-state index contributed by atoms with van der Waals surface area (Å²) >= 11 is 9.26. The summed E-state index contributed by atoms with van der Waals surface area (Å²) < 4.78 is 7.07. The van der Waals surface area contributed by atoms with Gasteiger partial charge in [-0.1, -0.05) is 22.0 Å². The highest BCUT2D eigenvalue weighted by Crippen LogP contribution is 2.42. The fourth-order valence-corrected chi connectivity index (χ4v) is 3.91. The molecule has 0 radical (unpaired) electrons. The summed E-state index contributed by atoms with van der Waals surface area (Å²) in [7, 11) is 0. The molecule has 0 amide bonds. The number of hydrogen-bond acceptors (Lipinski definition) is 3. The van der Waals surface area contributed by atoms with Crippen LogP contribution in [0.1, 0.15) is 34.9 Å². The molecule has 0 aliphatic carbocycles. The van der Waals surface area contributed by atoms with Crippen molar-refractivity contribution < 1.29 is 4.42 Å². The normalized spacial score (nSPS) is 19.7. The Morgan fingerprint density at radius 1 is 1.15 bits per heavy atom. The smallest absolute Gasteiger partial charge is 0.174 e. The van der Waals surface area contributed by atoms with Gasteiger partial charge < -0.3 is 14.6 Å². The zero-order valence-electron chi connectivity index (χ0n) is 14.4. The Bertz CT molecular complexity index is 957. The van der Waals surface area contributed by atoms with Crippen LogP contribution in [0.2, 0.25) is 0 Å². The highest BCUT2D eigenvalue weighted by molar-refractivity contribution is 9.10. The van der Waals surface area contributed by atoms with Crippen LogP contribution in [-0.2, 0) is 0 Å². The van der Waals surface area contributed by atoms with Gasteiger partial charge in [-0.15, -0.1) is 0 Å². The summed E-state index contributed by atoms with van der Waals surface area (Å²) in [6, 6.07) is 16.0. The molecule has 1 aliphatic rings. The number of benzene rings is 1. The van der Waals surface area contributed by atoms with Crippen LogP contribution in [0.3, 0.4) is 0 Å². The molecule has 2 aromatic heterocycles. The Balaban J connectivity index is 1.83. The Morgan fingerprint density at radius 2 is 2.00 bits per heavy atom. The topological polar surface area (TPSA) is 41.3 Å². The molecule has 2 atom stereocenters. The van der Waals surface area contributed by atoms with Crippen LogP contribution in [-0.4, -0.2) is 10.1 Å². The number of thiocarbonyl (C=S) groups is 1. The molecule has 1 N–H and O–H groups in total. The average Bonchev–Trinajstić information content (AvgIpc) is 3.21. The molecular weight excluding hydrogens is 410 g/mol. The van der Waals surface area contributed by atoms with Crippen molar-refractivity contribution in [3.63, 3.8) is 0 Å². The van der Waals surface area contributed by atoms with Gasteiger partial charge in [-0.2, -0.15) is 0 Å². The quantitative estimate of drug-likeness (QED) is 0.579. The molecule has 4 rings (SSSR count). The number of pyridine rings is 1. The minimum Gasteiger partial charge on any atom is -0.464 e. The fraction of sp³-hybridized carbons (Fsp3) is 0.200. The van der Waals surface area contributed by atoms with Gasteiger partial charge in [-0.05, 0) is 74.1 Å². The van der Waals surface area contributed by atoms with Crippen LogP contribution in [0.15, 0.2) is 63.6 Å². The monoisotopic (exact) mass is 427 g/mol. The van der Waals surface area contributed by atoms with E-state index in [1.165, 1.54) is 0 Å². The first-order chi connectivity index (χ1) is 12.5. The van der Waals surface area contributed by atoms with Crippen LogP contribution in [0, 0.1) is 13.8 Å². The second kappa shape index (κ2) is 6.85. The van der Waals surface area contributed by atoms with Gasteiger partial charge >= 0.3 is 0 Å². The molecule has 0 spiro atoms. The van der Waals surface area contributed by atoms with Crippen molar-refractivity contribution in [1.82, 2.24) is 10.3 Å². The van der Waals surface area contributed by atoms with Crippen molar-refractivity contribution in [1.29, 1.82) is 0 Å². The van der Waals surface area contributed by atoms with Crippen LogP contribution >= 0.6 is 28.1 Å². The van der Waals surface area contributed by atoms with Gasteiger partial charge in [-0.3, -0.25) is 4.98 Å². The Kier molecular flexibility index (Phi) is 4.54. The van der Waals surface area contributed by atoms with E-state index in [9.17, 15) is 0 Å². The van der Waals surface area contributed by atoms with E-state index in [2.05, 4.69) is 50.2 Å². The first-order valence-electron chi connectivity index (χ1n) is 8.38.